The van der Waals surface area contributed by atoms with Gasteiger partial charge in [-0.05, 0) is 13.8 Å². The second-order valence-electron chi connectivity index (χ2n) is 2.43. The maximum atomic E-state index is 11.8. The molecule has 0 bridgehead atoms. The molecule has 0 saturated heterocycles. The van der Waals surface area contributed by atoms with Gasteiger partial charge in [0.2, 0.25) is 0 Å². The van der Waals surface area contributed by atoms with Gasteiger partial charge in [0.25, 0.3) is 0 Å². The standard InChI is InChI=1S/C6H9F3O2S/c1-3(2)11-5(10)4(12)6(7,8)9/h3-4,12H,1-2H3. The molecule has 0 aliphatic carbocycles. The summed E-state index contributed by atoms with van der Waals surface area (Å²) in [5.41, 5.74) is 0. The summed E-state index contributed by atoms with van der Waals surface area (Å²) >= 11 is 3.08. The van der Waals surface area contributed by atoms with Gasteiger partial charge in [-0.3, -0.25) is 4.79 Å². The molecule has 12 heavy (non-hydrogen) atoms. The maximum Gasteiger partial charge on any atom is 0.410 e. The summed E-state index contributed by atoms with van der Waals surface area (Å²) in [7, 11) is 0. The van der Waals surface area contributed by atoms with Crippen molar-refractivity contribution in [2.24, 2.45) is 0 Å². The number of carbonyl (C=O) groups is 1. The largest absolute Gasteiger partial charge is 0.462 e. The summed E-state index contributed by atoms with van der Waals surface area (Å²) in [6.45, 7) is 2.93. The van der Waals surface area contributed by atoms with Crippen LogP contribution in [0, 0.1) is 0 Å². The van der Waals surface area contributed by atoms with E-state index in [0.717, 1.165) is 0 Å². The van der Waals surface area contributed by atoms with E-state index >= 15 is 0 Å². The molecular formula is C6H9F3O2S. The average molecular weight is 202 g/mol. The molecule has 1 atom stereocenters. The Morgan fingerprint density at radius 1 is 1.42 bits per heavy atom. The molecule has 0 rings (SSSR count). The highest BCUT2D eigenvalue weighted by atomic mass is 32.1. The van der Waals surface area contributed by atoms with E-state index in [9.17, 15) is 18.0 Å². The van der Waals surface area contributed by atoms with Crippen molar-refractivity contribution in [1.29, 1.82) is 0 Å². The van der Waals surface area contributed by atoms with Crippen LogP contribution >= 0.6 is 12.6 Å². The second kappa shape index (κ2) is 4.02. The predicted octanol–water partition coefficient (Wildman–Crippen LogP) is 1.80. The van der Waals surface area contributed by atoms with Crippen molar-refractivity contribution in [1.82, 2.24) is 0 Å². The molecule has 0 spiro atoms. The van der Waals surface area contributed by atoms with Crippen molar-refractivity contribution in [3.8, 4) is 0 Å². The van der Waals surface area contributed by atoms with E-state index in [0.29, 0.717) is 0 Å². The molecule has 1 unspecified atom stereocenters. The van der Waals surface area contributed by atoms with Crippen molar-refractivity contribution in [2.75, 3.05) is 0 Å². The van der Waals surface area contributed by atoms with Gasteiger partial charge in [-0.25, -0.2) is 0 Å². The Hall–Kier alpha value is -0.390. The Balaban J connectivity index is 4.12. The third-order valence-electron chi connectivity index (χ3n) is 0.885. The van der Waals surface area contributed by atoms with Gasteiger partial charge in [0, 0.05) is 0 Å². The van der Waals surface area contributed by atoms with Gasteiger partial charge in [0.1, 0.15) is 0 Å². The lowest BCUT2D eigenvalue weighted by molar-refractivity contribution is -0.170. The summed E-state index contributed by atoms with van der Waals surface area (Å²) in [4.78, 5) is 10.6. The molecule has 0 fully saturated rings. The number of hydrogen-bond donors (Lipinski definition) is 1. The van der Waals surface area contributed by atoms with E-state index in [2.05, 4.69) is 17.4 Å². The van der Waals surface area contributed by atoms with Crippen LogP contribution in [-0.4, -0.2) is 23.5 Å². The van der Waals surface area contributed by atoms with Crippen LogP contribution in [0.15, 0.2) is 0 Å². The first-order valence-electron chi connectivity index (χ1n) is 3.20. The molecule has 2 nitrogen and oxygen atoms in total. The van der Waals surface area contributed by atoms with Crippen LogP contribution in [-0.2, 0) is 9.53 Å². The molecule has 0 N–H and O–H groups in total. The smallest absolute Gasteiger partial charge is 0.410 e. The van der Waals surface area contributed by atoms with Crippen LogP contribution in [0.3, 0.4) is 0 Å². The third kappa shape index (κ3) is 3.85. The van der Waals surface area contributed by atoms with Crippen molar-refractivity contribution in [3.05, 3.63) is 0 Å². The molecule has 0 aromatic rings. The van der Waals surface area contributed by atoms with Crippen LogP contribution in [0.1, 0.15) is 13.8 Å². The van der Waals surface area contributed by atoms with Crippen LogP contribution < -0.4 is 0 Å². The minimum absolute atomic E-state index is 0.561. The quantitative estimate of drug-likeness (QED) is 0.546. The summed E-state index contributed by atoms with van der Waals surface area (Å²) in [6, 6.07) is 0. The van der Waals surface area contributed by atoms with Crippen molar-refractivity contribution in [3.63, 3.8) is 0 Å². The number of alkyl halides is 3. The molecule has 0 saturated carbocycles. The number of rotatable bonds is 2. The van der Waals surface area contributed by atoms with E-state index < -0.39 is 23.5 Å². The normalized spacial score (nSPS) is 14.6. The molecule has 0 aliphatic rings. The highest BCUT2D eigenvalue weighted by Gasteiger charge is 2.43. The van der Waals surface area contributed by atoms with Gasteiger partial charge in [-0.2, -0.15) is 25.8 Å². The van der Waals surface area contributed by atoms with Crippen LogP contribution in [0.2, 0.25) is 0 Å². The zero-order valence-corrected chi connectivity index (χ0v) is 7.45. The van der Waals surface area contributed by atoms with Gasteiger partial charge in [0.15, 0.2) is 5.25 Å². The van der Waals surface area contributed by atoms with Gasteiger partial charge in [0.05, 0.1) is 6.10 Å². The number of esters is 1. The van der Waals surface area contributed by atoms with Crippen LogP contribution in [0.4, 0.5) is 13.2 Å². The Kier molecular flexibility index (Phi) is 3.89. The third-order valence-corrected chi connectivity index (χ3v) is 1.39. The monoisotopic (exact) mass is 202 g/mol. The lowest BCUT2D eigenvalue weighted by atomic mass is 10.4. The van der Waals surface area contributed by atoms with E-state index in [4.69, 9.17) is 0 Å². The molecule has 0 heterocycles. The maximum absolute atomic E-state index is 11.8. The van der Waals surface area contributed by atoms with Gasteiger partial charge in [-0.1, -0.05) is 0 Å². The SMILES string of the molecule is CC(C)OC(=O)C(S)C(F)(F)F. The number of thiol groups is 1. The van der Waals surface area contributed by atoms with E-state index in [1.165, 1.54) is 13.8 Å². The summed E-state index contributed by atoms with van der Waals surface area (Å²) in [5.74, 6) is -1.36. The number of halogens is 3. The zero-order chi connectivity index (χ0) is 9.94. The fraction of sp³-hybridized carbons (Fsp3) is 0.833. The molecule has 0 radical (unpaired) electrons. The van der Waals surface area contributed by atoms with E-state index in [-0.39, 0.29) is 0 Å². The van der Waals surface area contributed by atoms with Crippen molar-refractivity contribution in [2.45, 2.75) is 31.4 Å². The summed E-state index contributed by atoms with van der Waals surface area (Å²) in [6.07, 6.45) is -5.20. The van der Waals surface area contributed by atoms with Crippen molar-refractivity contribution < 1.29 is 22.7 Å². The lowest BCUT2D eigenvalue weighted by Crippen LogP contribution is -2.34. The summed E-state index contributed by atoms with van der Waals surface area (Å²) in [5, 5.41) is -2.35. The number of carbonyl (C=O) groups excluding carboxylic acids is 1. The number of hydrogen-bond acceptors (Lipinski definition) is 3. The Morgan fingerprint density at radius 2 is 1.83 bits per heavy atom. The topological polar surface area (TPSA) is 26.3 Å². The fourth-order valence-electron chi connectivity index (χ4n) is 0.430. The van der Waals surface area contributed by atoms with Crippen LogP contribution in [0.5, 0.6) is 0 Å². The van der Waals surface area contributed by atoms with Crippen LogP contribution in [0.25, 0.3) is 0 Å². The molecule has 0 aromatic heterocycles. The average Bonchev–Trinajstić information content (AvgIpc) is 1.82. The predicted molar refractivity (Wildman–Crippen MR) is 40.1 cm³/mol. The van der Waals surface area contributed by atoms with Crippen molar-refractivity contribution >= 4 is 18.6 Å². The first-order valence-corrected chi connectivity index (χ1v) is 3.72. The highest BCUT2D eigenvalue weighted by molar-refractivity contribution is 7.81. The molecule has 0 aliphatic heterocycles. The Morgan fingerprint density at radius 3 is 2.08 bits per heavy atom. The first-order chi connectivity index (χ1) is 5.25. The summed E-state index contributed by atoms with van der Waals surface area (Å²) < 4.78 is 39.6. The van der Waals surface area contributed by atoms with E-state index in [1.807, 2.05) is 0 Å². The zero-order valence-electron chi connectivity index (χ0n) is 6.55. The van der Waals surface area contributed by atoms with Gasteiger partial charge >= 0.3 is 12.1 Å². The second-order valence-corrected chi connectivity index (χ2v) is 2.95. The molecular weight excluding hydrogens is 193 g/mol. The Bertz CT molecular complexity index is 167. The minimum atomic E-state index is -4.64. The Labute approximate surface area is 73.5 Å². The molecule has 6 heteroatoms. The molecule has 0 aromatic carbocycles. The fourth-order valence-corrected chi connectivity index (χ4v) is 0.491. The van der Waals surface area contributed by atoms with Gasteiger partial charge < -0.3 is 4.74 Å². The highest BCUT2D eigenvalue weighted by Crippen LogP contribution is 2.25. The minimum Gasteiger partial charge on any atom is -0.462 e. The number of ether oxygens (including phenoxy) is 1. The molecule has 72 valence electrons. The first kappa shape index (κ1) is 11.6. The molecule has 0 amide bonds. The van der Waals surface area contributed by atoms with Gasteiger partial charge in [-0.15, -0.1) is 0 Å². The lowest BCUT2D eigenvalue weighted by Gasteiger charge is -2.15. The van der Waals surface area contributed by atoms with E-state index in [1.54, 1.807) is 0 Å².